The second-order valence-corrected chi connectivity index (χ2v) is 7.89. The molecule has 1 atom stereocenters. The molecule has 1 amide bonds. The first-order chi connectivity index (χ1) is 11.9. The molecule has 0 radical (unpaired) electrons. The van der Waals surface area contributed by atoms with Gasteiger partial charge in [-0.1, -0.05) is 18.9 Å². The van der Waals surface area contributed by atoms with Crippen LogP contribution < -0.4 is 10.6 Å². The highest BCUT2D eigenvalue weighted by molar-refractivity contribution is 7.89. The first kappa shape index (κ1) is 19.2. The summed E-state index contributed by atoms with van der Waals surface area (Å²) in [6, 6.07) is 5.64. The van der Waals surface area contributed by atoms with Gasteiger partial charge in [0.1, 0.15) is 11.7 Å². The van der Waals surface area contributed by atoms with Crippen molar-refractivity contribution in [2.75, 3.05) is 36.8 Å². The Hall–Kier alpha value is -2.11. The van der Waals surface area contributed by atoms with Gasteiger partial charge < -0.3 is 10.6 Å². The third kappa shape index (κ3) is 5.44. The Morgan fingerprint density at radius 3 is 2.60 bits per heavy atom. The van der Waals surface area contributed by atoms with Crippen molar-refractivity contribution in [2.24, 2.45) is 11.7 Å². The number of anilines is 1. The van der Waals surface area contributed by atoms with Crippen LogP contribution in [0, 0.1) is 17.8 Å². The Balaban J connectivity index is 1.98. The van der Waals surface area contributed by atoms with Gasteiger partial charge in [-0.05, 0) is 18.6 Å². The van der Waals surface area contributed by atoms with E-state index in [1.807, 2.05) is 30.0 Å². The standard InChI is InChI=1S/C17H24N4O3S/c1-2-3-4-7-15(17(18)22)14-25(23,24)21-12-10-20(11-13-21)16-8-5-6-9-19-16/h5-6,8-9,15H,2-3,10-14H2,1H3,(H2,18,22). The minimum Gasteiger partial charge on any atom is -0.369 e. The van der Waals surface area contributed by atoms with Gasteiger partial charge in [0, 0.05) is 38.8 Å². The molecule has 1 aliphatic rings. The maximum absolute atomic E-state index is 12.6. The molecular weight excluding hydrogens is 340 g/mol. The lowest BCUT2D eigenvalue weighted by Gasteiger charge is -2.34. The summed E-state index contributed by atoms with van der Waals surface area (Å²) in [5.74, 6) is 4.33. The normalized spacial score (nSPS) is 16.8. The largest absolute Gasteiger partial charge is 0.369 e. The highest BCUT2D eigenvalue weighted by Gasteiger charge is 2.31. The van der Waals surface area contributed by atoms with Crippen LogP contribution in [0.5, 0.6) is 0 Å². The van der Waals surface area contributed by atoms with Crippen molar-refractivity contribution in [3.63, 3.8) is 0 Å². The number of sulfonamides is 1. The summed E-state index contributed by atoms with van der Waals surface area (Å²) in [4.78, 5) is 17.8. The van der Waals surface area contributed by atoms with Gasteiger partial charge in [-0.2, -0.15) is 4.31 Å². The van der Waals surface area contributed by atoms with Crippen LogP contribution >= 0.6 is 0 Å². The molecule has 0 aliphatic carbocycles. The van der Waals surface area contributed by atoms with E-state index in [1.54, 1.807) is 6.20 Å². The van der Waals surface area contributed by atoms with Gasteiger partial charge in [-0.3, -0.25) is 4.79 Å². The molecule has 8 heteroatoms. The molecule has 2 heterocycles. The first-order valence-corrected chi connectivity index (χ1v) is 9.96. The van der Waals surface area contributed by atoms with Gasteiger partial charge >= 0.3 is 0 Å². The maximum Gasteiger partial charge on any atom is 0.233 e. The fourth-order valence-electron chi connectivity index (χ4n) is 2.57. The van der Waals surface area contributed by atoms with Crippen LogP contribution in [0.2, 0.25) is 0 Å². The van der Waals surface area contributed by atoms with Crippen LogP contribution in [-0.2, 0) is 14.8 Å². The van der Waals surface area contributed by atoms with E-state index in [0.29, 0.717) is 32.6 Å². The van der Waals surface area contributed by atoms with Gasteiger partial charge in [0.25, 0.3) is 0 Å². The highest BCUT2D eigenvalue weighted by atomic mass is 32.2. The molecule has 2 rings (SSSR count). The van der Waals surface area contributed by atoms with E-state index in [-0.39, 0.29) is 5.75 Å². The molecule has 0 spiro atoms. The third-order valence-electron chi connectivity index (χ3n) is 3.98. The van der Waals surface area contributed by atoms with E-state index in [9.17, 15) is 13.2 Å². The van der Waals surface area contributed by atoms with Crippen LogP contribution in [0.4, 0.5) is 5.82 Å². The number of amides is 1. The number of carbonyl (C=O) groups excluding carboxylic acids is 1. The number of carbonyl (C=O) groups is 1. The van der Waals surface area contributed by atoms with Crippen molar-refractivity contribution in [1.29, 1.82) is 0 Å². The number of unbranched alkanes of at least 4 members (excludes halogenated alkanes) is 1. The van der Waals surface area contributed by atoms with E-state index < -0.39 is 21.8 Å². The van der Waals surface area contributed by atoms with E-state index in [1.165, 1.54) is 4.31 Å². The van der Waals surface area contributed by atoms with Crippen LogP contribution in [0.25, 0.3) is 0 Å². The molecule has 1 aromatic rings. The zero-order valence-electron chi connectivity index (χ0n) is 14.4. The Morgan fingerprint density at radius 2 is 2.04 bits per heavy atom. The molecule has 2 N–H and O–H groups in total. The number of hydrogen-bond donors (Lipinski definition) is 1. The van der Waals surface area contributed by atoms with E-state index >= 15 is 0 Å². The van der Waals surface area contributed by atoms with Crippen molar-refractivity contribution >= 4 is 21.7 Å². The van der Waals surface area contributed by atoms with E-state index in [0.717, 1.165) is 12.2 Å². The zero-order valence-corrected chi connectivity index (χ0v) is 15.2. The molecule has 1 aromatic heterocycles. The lowest BCUT2D eigenvalue weighted by molar-refractivity contribution is -0.119. The zero-order chi connectivity index (χ0) is 18.3. The van der Waals surface area contributed by atoms with Crippen molar-refractivity contribution in [2.45, 2.75) is 19.8 Å². The SMILES string of the molecule is CCCC#CC(CS(=O)(=O)N1CCN(c2ccccn2)CC1)C(N)=O. The second-order valence-electron chi connectivity index (χ2n) is 5.88. The van der Waals surface area contributed by atoms with E-state index in [4.69, 9.17) is 5.73 Å². The highest BCUT2D eigenvalue weighted by Crippen LogP contribution is 2.16. The third-order valence-corrected chi connectivity index (χ3v) is 5.88. The number of aromatic nitrogens is 1. The van der Waals surface area contributed by atoms with Crippen LogP contribution in [0.1, 0.15) is 19.8 Å². The van der Waals surface area contributed by atoms with Crippen LogP contribution in [0.3, 0.4) is 0 Å². The van der Waals surface area contributed by atoms with Crippen molar-refractivity contribution < 1.29 is 13.2 Å². The molecule has 1 aliphatic heterocycles. The Labute approximate surface area is 149 Å². The van der Waals surface area contributed by atoms with E-state index in [2.05, 4.69) is 16.8 Å². The second kappa shape index (κ2) is 8.83. The molecule has 0 aromatic carbocycles. The summed E-state index contributed by atoms with van der Waals surface area (Å²) in [5.41, 5.74) is 5.31. The number of nitrogens with two attached hydrogens (primary N) is 1. The molecule has 0 saturated carbocycles. The molecule has 25 heavy (non-hydrogen) atoms. The molecule has 7 nitrogen and oxygen atoms in total. The molecule has 136 valence electrons. The molecule has 0 bridgehead atoms. The number of piperazine rings is 1. The van der Waals surface area contributed by atoms with Gasteiger partial charge in [0.2, 0.25) is 15.9 Å². The van der Waals surface area contributed by atoms with Crippen LogP contribution in [-0.4, -0.2) is 55.5 Å². The number of pyridine rings is 1. The van der Waals surface area contributed by atoms with Crippen molar-refractivity contribution in [3.05, 3.63) is 24.4 Å². The van der Waals surface area contributed by atoms with Crippen molar-refractivity contribution in [3.8, 4) is 11.8 Å². The summed E-state index contributed by atoms with van der Waals surface area (Å²) >= 11 is 0. The van der Waals surface area contributed by atoms with Gasteiger partial charge in [0.15, 0.2) is 0 Å². The molecule has 1 unspecified atom stereocenters. The summed E-state index contributed by atoms with van der Waals surface area (Å²) in [7, 11) is -3.59. The average Bonchev–Trinajstić information content (AvgIpc) is 2.62. The summed E-state index contributed by atoms with van der Waals surface area (Å²) in [6.07, 6.45) is 3.18. The first-order valence-electron chi connectivity index (χ1n) is 8.35. The Kier molecular flexibility index (Phi) is 6.79. The monoisotopic (exact) mass is 364 g/mol. The van der Waals surface area contributed by atoms with Crippen LogP contribution in [0.15, 0.2) is 24.4 Å². The van der Waals surface area contributed by atoms with Gasteiger partial charge in [0.05, 0.1) is 5.75 Å². The molecular formula is C17H24N4O3S. The summed E-state index contributed by atoms with van der Waals surface area (Å²) < 4.78 is 26.6. The van der Waals surface area contributed by atoms with Gasteiger partial charge in [-0.15, -0.1) is 5.92 Å². The molecule has 1 fully saturated rings. The number of hydrogen-bond acceptors (Lipinski definition) is 5. The lowest BCUT2D eigenvalue weighted by Crippen LogP contribution is -2.50. The maximum atomic E-state index is 12.6. The smallest absolute Gasteiger partial charge is 0.233 e. The summed E-state index contributed by atoms with van der Waals surface area (Å²) in [5, 5.41) is 0. The topological polar surface area (TPSA) is 96.6 Å². The van der Waals surface area contributed by atoms with Gasteiger partial charge in [-0.25, -0.2) is 13.4 Å². The Bertz CT molecular complexity index is 732. The van der Waals surface area contributed by atoms with Crippen molar-refractivity contribution in [1.82, 2.24) is 9.29 Å². The predicted molar refractivity (Wildman–Crippen MR) is 97.2 cm³/mol. The fraction of sp³-hybridized carbons (Fsp3) is 0.529. The Morgan fingerprint density at radius 1 is 1.32 bits per heavy atom. The predicted octanol–water partition coefficient (Wildman–Crippen LogP) is 0.438. The lowest BCUT2D eigenvalue weighted by atomic mass is 10.1. The minimum absolute atomic E-state index is 0.354. The fourth-order valence-corrected chi connectivity index (χ4v) is 4.17. The number of rotatable bonds is 6. The number of primary amides is 1. The molecule has 1 saturated heterocycles. The summed E-state index contributed by atoms with van der Waals surface area (Å²) in [6.45, 7) is 3.78. The number of nitrogens with zero attached hydrogens (tertiary/aromatic N) is 3. The quantitative estimate of drug-likeness (QED) is 0.739. The average molecular weight is 364 g/mol. The minimum atomic E-state index is -3.59.